The third-order valence-electron chi connectivity index (χ3n) is 3.91. The van der Waals surface area contributed by atoms with Crippen molar-refractivity contribution in [1.82, 2.24) is 0 Å². The van der Waals surface area contributed by atoms with Crippen molar-refractivity contribution in [3.05, 3.63) is 29.3 Å². The van der Waals surface area contributed by atoms with Gasteiger partial charge in [-0.3, -0.25) is 0 Å². The van der Waals surface area contributed by atoms with Crippen molar-refractivity contribution < 1.29 is 23.0 Å². The summed E-state index contributed by atoms with van der Waals surface area (Å²) in [6.07, 6.45) is -2.76. The van der Waals surface area contributed by atoms with Crippen LogP contribution >= 0.6 is 0 Å². The van der Waals surface area contributed by atoms with Crippen LogP contribution in [0.1, 0.15) is 24.0 Å². The van der Waals surface area contributed by atoms with Gasteiger partial charge in [0.25, 0.3) is 0 Å². The Kier molecular flexibility index (Phi) is 5.11. The van der Waals surface area contributed by atoms with E-state index in [1.807, 2.05) is 0 Å². The highest BCUT2D eigenvalue weighted by atomic mass is 19.4. The molecule has 6 heteroatoms. The van der Waals surface area contributed by atoms with Crippen LogP contribution in [0, 0.1) is 5.92 Å². The second-order valence-electron chi connectivity index (χ2n) is 5.39. The molecule has 1 aromatic rings. The second kappa shape index (κ2) is 6.66. The first kappa shape index (κ1) is 16.1. The highest BCUT2D eigenvalue weighted by molar-refractivity contribution is 5.56. The van der Waals surface area contributed by atoms with Crippen LogP contribution in [0.5, 0.6) is 0 Å². The fourth-order valence-corrected chi connectivity index (χ4v) is 2.76. The minimum atomic E-state index is -4.41. The summed E-state index contributed by atoms with van der Waals surface area (Å²) in [5.41, 5.74) is -0.185. The van der Waals surface area contributed by atoms with Gasteiger partial charge in [-0.25, -0.2) is 0 Å². The Balaban J connectivity index is 2.20. The molecule has 3 nitrogen and oxygen atoms in total. The number of aliphatic hydroxyl groups is 1. The lowest BCUT2D eigenvalue weighted by Gasteiger charge is -2.35. The van der Waals surface area contributed by atoms with Crippen molar-refractivity contribution in [2.24, 2.45) is 5.92 Å². The van der Waals surface area contributed by atoms with Crippen molar-refractivity contribution in [2.75, 3.05) is 31.7 Å². The third kappa shape index (κ3) is 3.89. The molecule has 0 bridgehead atoms. The molecule has 118 valence electrons. The van der Waals surface area contributed by atoms with Crippen LogP contribution in [0.15, 0.2) is 18.2 Å². The summed E-state index contributed by atoms with van der Waals surface area (Å²) < 4.78 is 44.7. The Hall–Kier alpha value is -1.27. The van der Waals surface area contributed by atoms with E-state index in [1.54, 1.807) is 18.1 Å². The monoisotopic (exact) mass is 303 g/mol. The third-order valence-corrected chi connectivity index (χ3v) is 3.91. The van der Waals surface area contributed by atoms with Gasteiger partial charge in [0.15, 0.2) is 0 Å². The lowest BCUT2D eigenvalue weighted by molar-refractivity contribution is -0.137. The summed E-state index contributed by atoms with van der Waals surface area (Å²) in [5, 5.41) is 9.03. The number of methoxy groups -OCH3 is 1. The summed E-state index contributed by atoms with van der Waals surface area (Å²) in [6, 6.07) is 4.05. The zero-order valence-corrected chi connectivity index (χ0v) is 12.0. The number of alkyl halides is 3. The van der Waals surface area contributed by atoms with Gasteiger partial charge in [-0.1, -0.05) is 6.07 Å². The zero-order valence-electron chi connectivity index (χ0n) is 12.0. The summed E-state index contributed by atoms with van der Waals surface area (Å²) >= 11 is 0. The molecule has 1 aliphatic heterocycles. The van der Waals surface area contributed by atoms with Crippen LogP contribution < -0.4 is 4.90 Å². The quantitative estimate of drug-likeness (QED) is 0.928. The molecule has 1 heterocycles. The van der Waals surface area contributed by atoms with Gasteiger partial charge in [-0.2, -0.15) is 13.2 Å². The Bertz CT molecular complexity index is 468. The zero-order chi connectivity index (χ0) is 15.5. The highest BCUT2D eigenvalue weighted by Gasteiger charge is 2.35. The summed E-state index contributed by atoms with van der Waals surface area (Å²) in [6.45, 7) is 1.45. The van der Waals surface area contributed by atoms with Crippen molar-refractivity contribution in [1.29, 1.82) is 0 Å². The molecule has 0 aromatic heterocycles. The van der Waals surface area contributed by atoms with Gasteiger partial charge in [0, 0.05) is 32.5 Å². The lowest BCUT2D eigenvalue weighted by atomic mass is 9.96. The van der Waals surface area contributed by atoms with E-state index in [2.05, 4.69) is 0 Å². The summed E-state index contributed by atoms with van der Waals surface area (Å²) in [7, 11) is 1.64. The SMILES string of the molecule is COCC1CCN(c2ccc(CO)cc2C(F)(F)F)CC1. The van der Waals surface area contributed by atoms with Crippen LogP contribution in [-0.2, 0) is 17.5 Å². The van der Waals surface area contributed by atoms with E-state index in [0.717, 1.165) is 18.9 Å². The molecule has 1 aliphatic rings. The molecular weight excluding hydrogens is 283 g/mol. The topological polar surface area (TPSA) is 32.7 Å². The van der Waals surface area contributed by atoms with Crippen LogP contribution in [-0.4, -0.2) is 31.9 Å². The molecule has 0 aliphatic carbocycles. The molecular formula is C15H20F3NO2. The van der Waals surface area contributed by atoms with Crippen LogP contribution in [0.25, 0.3) is 0 Å². The van der Waals surface area contributed by atoms with E-state index < -0.39 is 11.7 Å². The smallest absolute Gasteiger partial charge is 0.392 e. The number of ether oxygens (including phenoxy) is 1. The predicted molar refractivity (Wildman–Crippen MR) is 74.2 cm³/mol. The normalized spacial score (nSPS) is 17.3. The minimum Gasteiger partial charge on any atom is -0.392 e. The van der Waals surface area contributed by atoms with E-state index in [9.17, 15) is 13.2 Å². The summed E-state index contributed by atoms with van der Waals surface area (Å²) in [5.74, 6) is 0.414. The van der Waals surface area contributed by atoms with Crippen molar-refractivity contribution >= 4 is 5.69 Å². The number of hydrogen-bond donors (Lipinski definition) is 1. The number of hydrogen-bond acceptors (Lipinski definition) is 3. The van der Waals surface area contributed by atoms with Gasteiger partial charge in [-0.15, -0.1) is 0 Å². The van der Waals surface area contributed by atoms with E-state index in [0.29, 0.717) is 25.6 Å². The van der Waals surface area contributed by atoms with Gasteiger partial charge in [0.05, 0.1) is 12.2 Å². The molecule has 21 heavy (non-hydrogen) atoms. The first-order valence-corrected chi connectivity index (χ1v) is 7.00. The standard InChI is InChI=1S/C15H20F3NO2/c1-21-10-11-4-6-19(7-5-11)14-3-2-12(9-20)8-13(14)15(16,17)18/h2-3,8,11,20H,4-7,9-10H2,1H3. The molecule has 0 spiro atoms. The molecule has 1 aromatic carbocycles. The van der Waals surface area contributed by atoms with Crippen molar-refractivity contribution in [2.45, 2.75) is 25.6 Å². The maximum atomic E-state index is 13.2. The van der Waals surface area contributed by atoms with Crippen LogP contribution in [0.2, 0.25) is 0 Å². The number of benzene rings is 1. The molecule has 1 N–H and O–H groups in total. The Morgan fingerprint density at radius 1 is 1.29 bits per heavy atom. The average Bonchev–Trinajstić information content (AvgIpc) is 2.47. The van der Waals surface area contributed by atoms with Crippen LogP contribution in [0.4, 0.5) is 18.9 Å². The lowest BCUT2D eigenvalue weighted by Crippen LogP contribution is -2.36. The molecule has 1 fully saturated rings. The van der Waals surface area contributed by atoms with E-state index in [4.69, 9.17) is 9.84 Å². The number of aliphatic hydroxyl groups excluding tert-OH is 1. The average molecular weight is 303 g/mol. The van der Waals surface area contributed by atoms with Gasteiger partial charge >= 0.3 is 6.18 Å². The fraction of sp³-hybridized carbons (Fsp3) is 0.600. The number of rotatable bonds is 4. The second-order valence-corrected chi connectivity index (χ2v) is 5.39. The molecule has 0 unspecified atom stereocenters. The van der Waals surface area contributed by atoms with Crippen LogP contribution in [0.3, 0.4) is 0 Å². The van der Waals surface area contributed by atoms with Crippen molar-refractivity contribution in [3.63, 3.8) is 0 Å². The molecule has 2 rings (SSSR count). The largest absolute Gasteiger partial charge is 0.418 e. The summed E-state index contributed by atoms with van der Waals surface area (Å²) in [4.78, 5) is 1.77. The van der Waals surface area contributed by atoms with Gasteiger partial charge in [0.1, 0.15) is 0 Å². The first-order chi connectivity index (χ1) is 9.95. The van der Waals surface area contributed by atoms with Crippen molar-refractivity contribution in [3.8, 4) is 0 Å². The predicted octanol–water partition coefficient (Wildman–Crippen LogP) is 3.06. The minimum absolute atomic E-state index is 0.204. The Morgan fingerprint density at radius 2 is 1.95 bits per heavy atom. The van der Waals surface area contributed by atoms with Gasteiger partial charge < -0.3 is 14.7 Å². The maximum absolute atomic E-state index is 13.2. The van der Waals surface area contributed by atoms with E-state index >= 15 is 0 Å². The maximum Gasteiger partial charge on any atom is 0.418 e. The number of anilines is 1. The Morgan fingerprint density at radius 3 is 2.48 bits per heavy atom. The van der Waals surface area contributed by atoms with Gasteiger partial charge in [0.2, 0.25) is 0 Å². The first-order valence-electron chi connectivity index (χ1n) is 7.00. The molecule has 1 saturated heterocycles. The molecule has 0 radical (unpaired) electrons. The number of halogens is 3. The van der Waals surface area contributed by atoms with E-state index in [1.165, 1.54) is 6.07 Å². The highest BCUT2D eigenvalue weighted by Crippen LogP contribution is 2.38. The molecule has 0 amide bonds. The Labute approximate surface area is 122 Å². The number of nitrogens with zero attached hydrogens (tertiary/aromatic N) is 1. The molecule has 0 atom stereocenters. The number of piperidine rings is 1. The van der Waals surface area contributed by atoms with E-state index in [-0.39, 0.29) is 17.9 Å². The molecule has 0 saturated carbocycles. The van der Waals surface area contributed by atoms with Gasteiger partial charge in [-0.05, 0) is 36.5 Å². The fourth-order valence-electron chi connectivity index (χ4n) is 2.76.